The minimum Gasteiger partial charge on any atom is -0.315 e. The van der Waals surface area contributed by atoms with Crippen LogP contribution >= 0.6 is 27.3 Å². The Kier molecular flexibility index (Phi) is 3.79. The average Bonchev–Trinajstić information content (AvgIpc) is 2.63. The van der Waals surface area contributed by atoms with E-state index in [-0.39, 0.29) is 0 Å². The Bertz CT molecular complexity index is 537. The number of aromatic nitrogens is 2. The molecule has 0 bridgehead atoms. The molecule has 2 aromatic heterocycles. The normalized spacial score (nSPS) is 10.6. The Hall–Kier alpha value is -0.940. The van der Waals surface area contributed by atoms with Gasteiger partial charge in [0.05, 0.1) is 10.2 Å². The number of hydrogen-bond donors (Lipinski definition) is 1. The summed E-state index contributed by atoms with van der Waals surface area (Å²) in [4.78, 5) is 10.1. The van der Waals surface area contributed by atoms with Crippen molar-refractivity contribution in [3.8, 4) is 0 Å². The Labute approximate surface area is 113 Å². The number of aryl methyl sites for hydroxylation is 3. The highest BCUT2D eigenvalue weighted by Gasteiger charge is 2.08. The van der Waals surface area contributed by atoms with Crippen molar-refractivity contribution in [1.29, 1.82) is 0 Å². The lowest BCUT2D eigenvalue weighted by Crippen LogP contribution is -1.95. The van der Waals surface area contributed by atoms with Crippen molar-refractivity contribution in [2.24, 2.45) is 0 Å². The first-order valence-corrected chi connectivity index (χ1v) is 7.06. The molecular formula is C12H14BrN3S. The van der Waals surface area contributed by atoms with Crippen LogP contribution in [0, 0.1) is 13.8 Å². The maximum atomic E-state index is 4.53. The summed E-state index contributed by atoms with van der Waals surface area (Å²) < 4.78 is 0.961. The van der Waals surface area contributed by atoms with E-state index in [1.165, 1.54) is 4.88 Å². The molecule has 0 fully saturated rings. The van der Waals surface area contributed by atoms with Crippen LogP contribution in [0.3, 0.4) is 0 Å². The van der Waals surface area contributed by atoms with Gasteiger partial charge in [-0.1, -0.05) is 6.92 Å². The average molecular weight is 312 g/mol. The Morgan fingerprint density at radius 3 is 2.76 bits per heavy atom. The molecule has 1 N–H and O–H groups in total. The van der Waals surface area contributed by atoms with Crippen LogP contribution in [0.15, 0.2) is 16.7 Å². The monoisotopic (exact) mass is 311 g/mol. The lowest BCUT2D eigenvalue weighted by molar-refractivity contribution is 1.04. The molecule has 2 rings (SSSR count). The van der Waals surface area contributed by atoms with Crippen LogP contribution in [0.2, 0.25) is 0 Å². The molecule has 0 aromatic carbocycles. The van der Waals surface area contributed by atoms with E-state index in [9.17, 15) is 0 Å². The van der Waals surface area contributed by atoms with Gasteiger partial charge in [-0.2, -0.15) is 0 Å². The van der Waals surface area contributed by atoms with Crippen molar-refractivity contribution in [3.05, 3.63) is 32.9 Å². The zero-order valence-electron chi connectivity index (χ0n) is 10.0. The molecule has 0 spiro atoms. The maximum absolute atomic E-state index is 4.53. The summed E-state index contributed by atoms with van der Waals surface area (Å²) in [7, 11) is 0. The first-order chi connectivity index (χ1) is 8.10. The molecule has 0 unspecified atom stereocenters. The van der Waals surface area contributed by atoms with E-state index >= 15 is 0 Å². The van der Waals surface area contributed by atoms with E-state index < -0.39 is 0 Å². The third kappa shape index (κ3) is 2.84. The Morgan fingerprint density at radius 1 is 1.41 bits per heavy atom. The van der Waals surface area contributed by atoms with Crippen molar-refractivity contribution in [2.75, 3.05) is 5.32 Å². The molecule has 0 radical (unpaired) electrons. The van der Waals surface area contributed by atoms with Crippen molar-refractivity contribution >= 4 is 38.2 Å². The molecule has 90 valence electrons. The Balaban J connectivity index is 2.25. The number of nitrogens with one attached hydrogen (secondary N) is 1. The summed E-state index contributed by atoms with van der Waals surface area (Å²) in [6, 6.07) is 2.04. The van der Waals surface area contributed by atoms with Crippen LogP contribution in [0.5, 0.6) is 0 Å². The lowest BCUT2D eigenvalue weighted by Gasteiger charge is -2.04. The third-order valence-electron chi connectivity index (χ3n) is 2.43. The van der Waals surface area contributed by atoms with Crippen LogP contribution in [-0.2, 0) is 6.42 Å². The number of halogens is 1. The van der Waals surface area contributed by atoms with Gasteiger partial charge in [0.1, 0.15) is 5.82 Å². The predicted octanol–water partition coefficient (Wildman–Crippen LogP) is 4.22. The van der Waals surface area contributed by atoms with Gasteiger partial charge in [-0.25, -0.2) is 9.97 Å². The smallest absolute Gasteiger partial charge is 0.188 e. The molecule has 17 heavy (non-hydrogen) atoms. The number of rotatable bonds is 3. The molecule has 0 aliphatic carbocycles. The second-order valence-electron chi connectivity index (χ2n) is 3.84. The summed E-state index contributed by atoms with van der Waals surface area (Å²) in [6.45, 7) is 6.23. The predicted molar refractivity (Wildman–Crippen MR) is 76.2 cm³/mol. The number of hydrogen-bond acceptors (Lipinski definition) is 4. The zero-order chi connectivity index (χ0) is 12.4. The minimum atomic E-state index is 0.812. The largest absolute Gasteiger partial charge is 0.315 e. The van der Waals surface area contributed by atoms with Crippen molar-refractivity contribution < 1.29 is 0 Å². The van der Waals surface area contributed by atoms with E-state index in [1.807, 2.05) is 19.2 Å². The molecule has 5 heteroatoms. The minimum absolute atomic E-state index is 0.812. The van der Waals surface area contributed by atoms with Gasteiger partial charge in [-0.05, 0) is 47.8 Å². The fourth-order valence-electron chi connectivity index (χ4n) is 1.54. The highest BCUT2D eigenvalue weighted by atomic mass is 79.9. The number of thiazole rings is 1. The quantitative estimate of drug-likeness (QED) is 0.922. The van der Waals surface area contributed by atoms with Crippen LogP contribution in [0.25, 0.3) is 0 Å². The van der Waals surface area contributed by atoms with Crippen molar-refractivity contribution in [3.63, 3.8) is 0 Å². The van der Waals surface area contributed by atoms with Gasteiger partial charge in [0, 0.05) is 11.1 Å². The first kappa shape index (κ1) is 12.5. The summed E-state index contributed by atoms with van der Waals surface area (Å²) in [5.74, 6) is 0.812. The molecule has 3 nitrogen and oxygen atoms in total. The zero-order valence-corrected chi connectivity index (χ0v) is 12.4. The Morgan fingerprint density at radius 2 is 2.18 bits per heavy atom. The van der Waals surface area contributed by atoms with E-state index in [2.05, 4.69) is 45.1 Å². The molecule has 2 heterocycles. The van der Waals surface area contributed by atoms with E-state index in [0.29, 0.717) is 0 Å². The van der Waals surface area contributed by atoms with E-state index in [0.717, 1.165) is 33.1 Å². The van der Waals surface area contributed by atoms with Gasteiger partial charge in [-0.15, -0.1) is 11.3 Å². The highest BCUT2D eigenvalue weighted by molar-refractivity contribution is 9.10. The van der Waals surface area contributed by atoms with Gasteiger partial charge in [-0.3, -0.25) is 0 Å². The molecule has 2 aromatic rings. The van der Waals surface area contributed by atoms with Gasteiger partial charge >= 0.3 is 0 Å². The summed E-state index contributed by atoms with van der Waals surface area (Å²) in [5.41, 5.74) is 2.28. The SMILES string of the molecule is CCc1nc(Nc2ncc(C)cc2Br)sc1C. The van der Waals surface area contributed by atoms with Gasteiger partial charge in [0.25, 0.3) is 0 Å². The molecule has 0 saturated heterocycles. The fourth-order valence-corrected chi connectivity index (χ4v) is 3.00. The van der Waals surface area contributed by atoms with Gasteiger partial charge < -0.3 is 5.32 Å². The second kappa shape index (κ2) is 5.14. The number of pyridine rings is 1. The van der Waals surface area contributed by atoms with Crippen molar-refractivity contribution in [1.82, 2.24) is 9.97 Å². The summed E-state index contributed by atoms with van der Waals surface area (Å²) >= 11 is 5.16. The number of nitrogens with zero attached hydrogens (tertiary/aromatic N) is 2. The second-order valence-corrected chi connectivity index (χ2v) is 5.90. The molecule has 0 aliphatic rings. The molecular weight excluding hydrogens is 298 g/mol. The molecule has 0 aliphatic heterocycles. The molecule has 0 amide bonds. The summed E-state index contributed by atoms with van der Waals surface area (Å²) in [5, 5.41) is 4.14. The first-order valence-electron chi connectivity index (χ1n) is 5.45. The van der Waals surface area contributed by atoms with Gasteiger partial charge in [0.15, 0.2) is 5.13 Å². The topological polar surface area (TPSA) is 37.8 Å². The third-order valence-corrected chi connectivity index (χ3v) is 3.96. The van der Waals surface area contributed by atoms with Crippen LogP contribution in [0.1, 0.15) is 23.1 Å². The van der Waals surface area contributed by atoms with Gasteiger partial charge in [0.2, 0.25) is 0 Å². The molecule has 0 saturated carbocycles. The maximum Gasteiger partial charge on any atom is 0.188 e. The molecule has 0 atom stereocenters. The van der Waals surface area contributed by atoms with Crippen LogP contribution in [-0.4, -0.2) is 9.97 Å². The lowest BCUT2D eigenvalue weighted by atomic mass is 10.3. The van der Waals surface area contributed by atoms with E-state index in [1.54, 1.807) is 11.3 Å². The van der Waals surface area contributed by atoms with Crippen molar-refractivity contribution in [2.45, 2.75) is 27.2 Å². The fraction of sp³-hybridized carbons (Fsp3) is 0.333. The van der Waals surface area contributed by atoms with Crippen LogP contribution in [0.4, 0.5) is 10.9 Å². The highest BCUT2D eigenvalue weighted by Crippen LogP contribution is 2.28. The van der Waals surface area contributed by atoms with Crippen LogP contribution < -0.4 is 5.32 Å². The summed E-state index contributed by atoms with van der Waals surface area (Å²) in [6.07, 6.45) is 2.81. The standard InChI is InChI=1S/C12H14BrN3S/c1-4-10-8(3)17-12(15-10)16-11-9(13)5-7(2)6-14-11/h5-6H,4H2,1-3H3,(H,14,15,16). The van der Waals surface area contributed by atoms with E-state index in [4.69, 9.17) is 0 Å². The number of anilines is 2.